The second kappa shape index (κ2) is 5.49. The number of halogens is 1. The van der Waals surface area contributed by atoms with E-state index in [-0.39, 0.29) is 5.92 Å². The summed E-state index contributed by atoms with van der Waals surface area (Å²) in [6.45, 7) is 7.42. The van der Waals surface area contributed by atoms with Crippen LogP contribution in [-0.4, -0.2) is 20.2 Å². The molecule has 1 fully saturated rings. The molecule has 1 aromatic rings. The quantitative estimate of drug-likeness (QED) is 0.903. The van der Waals surface area contributed by atoms with E-state index in [2.05, 4.69) is 5.32 Å². The molecule has 2 unspecified atom stereocenters. The Bertz CT molecular complexity index is 450. The van der Waals surface area contributed by atoms with Crippen LogP contribution in [0.5, 0.6) is 5.75 Å². The third kappa shape index (κ3) is 2.76. The van der Waals surface area contributed by atoms with Gasteiger partial charge in [-0.2, -0.15) is 0 Å². The van der Waals surface area contributed by atoms with Crippen molar-refractivity contribution in [1.82, 2.24) is 5.32 Å². The number of alkyl halides is 1. The van der Waals surface area contributed by atoms with E-state index in [1.54, 1.807) is 14.0 Å². The van der Waals surface area contributed by atoms with Crippen LogP contribution in [0.15, 0.2) is 12.1 Å². The van der Waals surface area contributed by atoms with Gasteiger partial charge in [-0.25, -0.2) is 4.39 Å². The fourth-order valence-electron chi connectivity index (χ4n) is 3.07. The molecule has 106 valence electrons. The van der Waals surface area contributed by atoms with Crippen LogP contribution in [0.25, 0.3) is 0 Å². The van der Waals surface area contributed by atoms with Gasteiger partial charge in [0.1, 0.15) is 11.4 Å². The Morgan fingerprint density at radius 2 is 2.05 bits per heavy atom. The zero-order chi connectivity index (χ0) is 14.0. The highest BCUT2D eigenvalue weighted by Crippen LogP contribution is 2.40. The molecule has 19 heavy (non-hydrogen) atoms. The number of hydrogen-bond acceptors (Lipinski definition) is 2. The monoisotopic (exact) mass is 265 g/mol. The van der Waals surface area contributed by atoms with E-state index in [4.69, 9.17) is 4.74 Å². The molecule has 0 aromatic heterocycles. The van der Waals surface area contributed by atoms with Crippen LogP contribution < -0.4 is 10.1 Å². The van der Waals surface area contributed by atoms with Gasteiger partial charge >= 0.3 is 0 Å². The molecule has 0 amide bonds. The molecule has 1 N–H and O–H groups in total. The predicted molar refractivity (Wildman–Crippen MR) is 76.5 cm³/mol. The van der Waals surface area contributed by atoms with Crippen molar-refractivity contribution in [1.29, 1.82) is 0 Å². The van der Waals surface area contributed by atoms with E-state index < -0.39 is 5.67 Å². The standard InChI is InChI=1S/C16H24FNO/c1-11-9-15(19-4)12(2)8-14(11)16(3,17)13-6-5-7-18-10-13/h8-9,13,18H,5-7,10H2,1-4H3. The Morgan fingerprint density at radius 1 is 1.32 bits per heavy atom. The molecule has 2 rings (SSSR count). The molecule has 3 heteroatoms. The first-order chi connectivity index (χ1) is 8.96. The lowest BCUT2D eigenvalue weighted by Crippen LogP contribution is -2.40. The molecule has 0 aliphatic carbocycles. The van der Waals surface area contributed by atoms with Gasteiger partial charge in [0, 0.05) is 12.5 Å². The first kappa shape index (κ1) is 14.3. The minimum absolute atomic E-state index is 0.0488. The third-order valence-electron chi connectivity index (χ3n) is 4.33. The summed E-state index contributed by atoms with van der Waals surface area (Å²) in [5.74, 6) is 0.881. The van der Waals surface area contributed by atoms with Gasteiger partial charge < -0.3 is 10.1 Å². The van der Waals surface area contributed by atoms with Crippen LogP contribution >= 0.6 is 0 Å². The van der Waals surface area contributed by atoms with E-state index in [0.717, 1.165) is 48.4 Å². The molecule has 0 spiro atoms. The third-order valence-corrected chi connectivity index (χ3v) is 4.33. The minimum atomic E-state index is -1.28. The number of hydrogen-bond donors (Lipinski definition) is 1. The molecular formula is C16H24FNO. The lowest BCUT2D eigenvalue weighted by atomic mass is 9.78. The first-order valence-corrected chi connectivity index (χ1v) is 7.02. The zero-order valence-corrected chi connectivity index (χ0v) is 12.3. The van der Waals surface area contributed by atoms with E-state index >= 15 is 4.39 Å². The summed E-state index contributed by atoms with van der Waals surface area (Å²) < 4.78 is 20.6. The summed E-state index contributed by atoms with van der Waals surface area (Å²) in [6, 6.07) is 3.89. The summed E-state index contributed by atoms with van der Waals surface area (Å²) >= 11 is 0. The van der Waals surface area contributed by atoms with Crippen molar-refractivity contribution < 1.29 is 9.13 Å². The van der Waals surface area contributed by atoms with E-state index in [1.165, 1.54) is 0 Å². The van der Waals surface area contributed by atoms with E-state index in [9.17, 15) is 0 Å². The van der Waals surface area contributed by atoms with Gasteiger partial charge in [0.25, 0.3) is 0 Å². The molecule has 0 saturated carbocycles. The molecule has 0 radical (unpaired) electrons. The molecule has 1 aromatic carbocycles. The van der Waals surface area contributed by atoms with Crippen LogP contribution in [0.1, 0.15) is 36.5 Å². The van der Waals surface area contributed by atoms with Gasteiger partial charge in [-0.15, -0.1) is 0 Å². The highest BCUT2D eigenvalue weighted by atomic mass is 19.1. The molecule has 1 aliphatic heterocycles. The number of piperidine rings is 1. The molecule has 1 aliphatic rings. The van der Waals surface area contributed by atoms with E-state index in [1.807, 2.05) is 26.0 Å². The van der Waals surface area contributed by atoms with Crippen molar-refractivity contribution in [2.45, 2.75) is 39.3 Å². The lowest BCUT2D eigenvalue weighted by Gasteiger charge is -2.35. The van der Waals surface area contributed by atoms with E-state index in [0.29, 0.717) is 0 Å². The van der Waals surface area contributed by atoms with Crippen molar-refractivity contribution in [3.05, 3.63) is 28.8 Å². The van der Waals surface area contributed by atoms with Gasteiger partial charge in [-0.3, -0.25) is 0 Å². The Hall–Kier alpha value is -1.09. The Morgan fingerprint density at radius 3 is 2.63 bits per heavy atom. The largest absolute Gasteiger partial charge is 0.496 e. The Kier molecular flexibility index (Phi) is 4.14. The highest BCUT2D eigenvalue weighted by Gasteiger charge is 2.38. The summed E-state index contributed by atoms with van der Waals surface area (Å²) in [5, 5.41) is 3.30. The maximum Gasteiger partial charge on any atom is 0.137 e. The summed E-state index contributed by atoms with van der Waals surface area (Å²) in [7, 11) is 1.65. The number of aryl methyl sites for hydroxylation is 2. The molecule has 2 nitrogen and oxygen atoms in total. The molecule has 0 bridgehead atoms. The van der Waals surface area contributed by atoms with Crippen LogP contribution in [-0.2, 0) is 5.67 Å². The van der Waals surface area contributed by atoms with Crippen LogP contribution in [0.4, 0.5) is 4.39 Å². The number of ether oxygens (including phenoxy) is 1. The normalized spacial score (nSPS) is 22.9. The van der Waals surface area contributed by atoms with Gasteiger partial charge in [-0.05, 0) is 69.0 Å². The van der Waals surface area contributed by atoms with Gasteiger partial charge in [0.05, 0.1) is 7.11 Å². The fraction of sp³-hybridized carbons (Fsp3) is 0.625. The summed E-state index contributed by atoms with van der Waals surface area (Å²) in [5.41, 5.74) is 1.49. The van der Waals surface area contributed by atoms with Gasteiger partial charge in [0.2, 0.25) is 0 Å². The van der Waals surface area contributed by atoms with Gasteiger partial charge in [-0.1, -0.05) is 0 Å². The van der Waals surface area contributed by atoms with Crippen LogP contribution in [0.2, 0.25) is 0 Å². The molecular weight excluding hydrogens is 241 g/mol. The number of methoxy groups -OCH3 is 1. The van der Waals surface area contributed by atoms with Crippen LogP contribution in [0.3, 0.4) is 0 Å². The second-order valence-electron chi connectivity index (χ2n) is 5.76. The van der Waals surface area contributed by atoms with Crippen molar-refractivity contribution in [2.75, 3.05) is 20.2 Å². The molecule has 1 saturated heterocycles. The van der Waals surface area contributed by atoms with Crippen molar-refractivity contribution in [2.24, 2.45) is 5.92 Å². The predicted octanol–water partition coefficient (Wildman–Crippen LogP) is 3.50. The van der Waals surface area contributed by atoms with Gasteiger partial charge in [0.15, 0.2) is 0 Å². The maximum absolute atomic E-state index is 15.3. The van der Waals surface area contributed by atoms with Crippen LogP contribution in [0, 0.1) is 19.8 Å². The smallest absolute Gasteiger partial charge is 0.137 e. The average molecular weight is 265 g/mol. The van der Waals surface area contributed by atoms with Crippen molar-refractivity contribution >= 4 is 0 Å². The van der Waals surface area contributed by atoms with Crippen molar-refractivity contribution in [3.63, 3.8) is 0 Å². The lowest BCUT2D eigenvalue weighted by molar-refractivity contribution is 0.0804. The second-order valence-corrected chi connectivity index (χ2v) is 5.76. The fourth-order valence-corrected chi connectivity index (χ4v) is 3.07. The zero-order valence-electron chi connectivity index (χ0n) is 12.3. The molecule has 2 atom stereocenters. The number of rotatable bonds is 3. The topological polar surface area (TPSA) is 21.3 Å². The summed E-state index contributed by atoms with van der Waals surface area (Å²) in [4.78, 5) is 0. The number of nitrogens with one attached hydrogen (secondary N) is 1. The summed E-state index contributed by atoms with van der Waals surface area (Å²) in [6.07, 6.45) is 2.00. The SMILES string of the molecule is COc1cc(C)c(C(C)(F)C2CCCNC2)cc1C. The highest BCUT2D eigenvalue weighted by molar-refractivity contribution is 5.44. The maximum atomic E-state index is 15.3. The number of benzene rings is 1. The first-order valence-electron chi connectivity index (χ1n) is 7.02. The van der Waals surface area contributed by atoms with Crippen molar-refractivity contribution in [3.8, 4) is 5.75 Å². The average Bonchev–Trinajstić information content (AvgIpc) is 2.41. The molecule has 1 heterocycles. The minimum Gasteiger partial charge on any atom is -0.496 e. The Balaban J connectivity index is 2.36. The Labute approximate surface area is 115 Å².